The van der Waals surface area contributed by atoms with Crippen molar-refractivity contribution < 1.29 is 0 Å². The van der Waals surface area contributed by atoms with Crippen molar-refractivity contribution in [1.29, 1.82) is 0 Å². The lowest BCUT2D eigenvalue weighted by atomic mass is 10.2. The molecule has 1 aromatic carbocycles. The largest absolute Gasteiger partial charge is 0.367 e. The molecule has 0 saturated carbocycles. The molecule has 1 fully saturated rings. The summed E-state index contributed by atoms with van der Waals surface area (Å²) in [6, 6.07) is 10.2. The Morgan fingerprint density at radius 1 is 1.00 bits per heavy atom. The highest BCUT2D eigenvalue weighted by Gasteiger charge is 2.17. The first-order valence-electron chi connectivity index (χ1n) is 10.1. The van der Waals surface area contributed by atoms with Crippen LogP contribution in [0.15, 0.2) is 30.3 Å². The lowest BCUT2D eigenvalue weighted by molar-refractivity contribution is 0.154. The van der Waals surface area contributed by atoms with Gasteiger partial charge in [0.25, 0.3) is 0 Å². The highest BCUT2D eigenvalue weighted by Crippen LogP contribution is 2.27. The van der Waals surface area contributed by atoms with Gasteiger partial charge in [-0.2, -0.15) is 10.2 Å². The Morgan fingerprint density at radius 2 is 1.75 bits per heavy atom. The number of hydrogen-bond acceptors (Lipinski definition) is 6. The summed E-state index contributed by atoms with van der Waals surface area (Å²) < 4.78 is 1.98. The minimum absolute atomic E-state index is 0.775. The second kappa shape index (κ2) is 8.24. The molecule has 0 radical (unpaired) electrons. The predicted molar refractivity (Wildman–Crippen MR) is 113 cm³/mol. The number of aromatic nitrogens is 4. The smallest absolute Gasteiger partial charge is 0.177 e. The number of aryl methyl sites for hydroxylation is 2. The molecule has 1 N–H and O–H groups in total. The monoisotopic (exact) mass is 379 g/mol. The van der Waals surface area contributed by atoms with E-state index in [2.05, 4.69) is 51.4 Å². The summed E-state index contributed by atoms with van der Waals surface area (Å²) in [6.07, 6.45) is 1.08. The second-order valence-electron chi connectivity index (χ2n) is 7.62. The number of hydrogen-bond donors (Lipinski definition) is 1. The Hall–Kier alpha value is -2.51. The fourth-order valence-corrected chi connectivity index (χ4v) is 3.84. The van der Waals surface area contributed by atoms with Crippen LogP contribution in [0.25, 0.3) is 16.6 Å². The molecule has 1 aliphatic heterocycles. The molecule has 0 unspecified atom stereocenters. The second-order valence-corrected chi connectivity index (χ2v) is 7.62. The quantitative estimate of drug-likeness (QED) is 0.664. The van der Waals surface area contributed by atoms with Gasteiger partial charge in [0.05, 0.1) is 22.5 Å². The van der Waals surface area contributed by atoms with Crippen LogP contribution in [0.1, 0.15) is 17.8 Å². The summed E-state index contributed by atoms with van der Waals surface area (Å²) in [6.45, 7) is 10.7. The Bertz CT molecular complexity index is 927. The number of fused-ring (bicyclic) bond motifs is 1. The van der Waals surface area contributed by atoms with Crippen molar-refractivity contribution in [1.82, 2.24) is 29.8 Å². The topological polar surface area (TPSA) is 62.1 Å². The van der Waals surface area contributed by atoms with Crippen LogP contribution < -0.4 is 5.32 Å². The van der Waals surface area contributed by atoms with Gasteiger partial charge in [-0.25, -0.2) is 4.68 Å². The Morgan fingerprint density at radius 3 is 2.50 bits per heavy atom. The van der Waals surface area contributed by atoms with E-state index in [-0.39, 0.29) is 0 Å². The lowest BCUT2D eigenvalue weighted by Crippen LogP contribution is -2.44. The van der Waals surface area contributed by atoms with Gasteiger partial charge < -0.3 is 15.1 Å². The van der Waals surface area contributed by atoms with Gasteiger partial charge in [-0.3, -0.25) is 0 Å². The molecule has 148 valence electrons. The predicted octanol–water partition coefficient (Wildman–Crippen LogP) is 2.48. The normalized spacial score (nSPS) is 16.0. The zero-order chi connectivity index (χ0) is 19.5. The molecule has 7 nitrogen and oxygen atoms in total. The number of anilines is 1. The van der Waals surface area contributed by atoms with Crippen molar-refractivity contribution in [3.63, 3.8) is 0 Å². The van der Waals surface area contributed by atoms with Crippen molar-refractivity contribution in [3.05, 3.63) is 41.7 Å². The Labute approximate surface area is 166 Å². The van der Waals surface area contributed by atoms with Crippen LogP contribution in [0, 0.1) is 13.8 Å². The number of nitrogens with zero attached hydrogens (tertiary/aromatic N) is 6. The number of rotatable bonds is 6. The van der Waals surface area contributed by atoms with E-state index in [1.54, 1.807) is 0 Å². The van der Waals surface area contributed by atoms with Gasteiger partial charge in [-0.1, -0.05) is 18.2 Å². The van der Waals surface area contributed by atoms with Crippen LogP contribution in [-0.4, -0.2) is 76.1 Å². The van der Waals surface area contributed by atoms with Crippen LogP contribution in [0.4, 0.5) is 5.82 Å². The van der Waals surface area contributed by atoms with Gasteiger partial charge in [0.2, 0.25) is 0 Å². The number of likely N-dealkylation sites (N-methyl/N-ethyl adjacent to an activating group) is 1. The van der Waals surface area contributed by atoms with E-state index in [0.29, 0.717) is 0 Å². The lowest BCUT2D eigenvalue weighted by Gasteiger charge is -2.32. The molecule has 0 bridgehead atoms. The number of benzene rings is 1. The van der Waals surface area contributed by atoms with E-state index in [1.807, 2.05) is 29.8 Å². The average molecular weight is 380 g/mol. The third-order valence-electron chi connectivity index (χ3n) is 5.54. The minimum atomic E-state index is 0.775. The standard InChI is InChI=1S/C21H29N7/c1-16-19-17(2)28(18-8-5-4-6-9-18)25-20(19)21(24-23-16)22-10-7-11-27-14-12-26(3)13-15-27/h4-6,8-9H,7,10-15H2,1-3H3,(H,22,24). The fraction of sp³-hybridized carbons (Fsp3) is 0.476. The minimum Gasteiger partial charge on any atom is -0.367 e. The van der Waals surface area contributed by atoms with Crippen molar-refractivity contribution in [2.24, 2.45) is 0 Å². The summed E-state index contributed by atoms with van der Waals surface area (Å²) in [4.78, 5) is 4.92. The fourth-order valence-electron chi connectivity index (χ4n) is 3.84. The van der Waals surface area contributed by atoms with E-state index in [0.717, 1.165) is 79.5 Å². The maximum atomic E-state index is 4.86. The third-order valence-corrected chi connectivity index (χ3v) is 5.54. The highest BCUT2D eigenvalue weighted by atomic mass is 15.3. The molecule has 0 aliphatic carbocycles. The molecule has 1 saturated heterocycles. The number of para-hydroxylation sites is 1. The zero-order valence-electron chi connectivity index (χ0n) is 17.0. The van der Waals surface area contributed by atoms with Crippen molar-refractivity contribution >= 4 is 16.7 Å². The van der Waals surface area contributed by atoms with E-state index in [9.17, 15) is 0 Å². The Kier molecular flexibility index (Phi) is 5.54. The van der Waals surface area contributed by atoms with E-state index >= 15 is 0 Å². The van der Waals surface area contributed by atoms with Gasteiger partial charge in [0, 0.05) is 32.7 Å². The van der Waals surface area contributed by atoms with E-state index < -0.39 is 0 Å². The molecular formula is C21H29N7. The van der Waals surface area contributed by atoms with Gasteiger partial charge >= 0.3 is 0 Å². The SMILES string of the molecule is Cc1nnc(NCCCN2CCN(C)CC2)c2nn(-c3ccccc3)c(C)c12. The van der Waals surface area contributed by atoms with Crippen LogP contribution >= 0.6 is 0 Å². The van der Waals surface area contributed by atoms with Crippen LogP contribution in [0.2, 0.25) is 0 Å². The maximum absolute atomic E-state index is 4.86. The molecule has 28 heavy (non-hydrogen) atoms. The van der Waals surface area contributed by atoms with Crippen LogP contribution in [0.3, 0.4) is 0 Å². The number of piperazine rings is 1. The molecule has 1 aliphatic rings. The average Bonchev–Trinajstić information content (AvgIpc) is 3.07. The van der Waals surface area contributed by atoms with E-state index in [1.165, 1.54) is 0 Å². The van der Waals surface area contributed by atoms with Crippen molar-refractivity contribution in [2.45, 2.75) is 20.3 Å². The summed E-state index contributed by atoms with van der Waals surface area (Å²) in [5.41, 5.74) is 3.96. The summed E-state index contributed by atoms with van der Waals surface area (Å²) in [7, 11) is 2.19. The third kappa shape index (κ3) is 3.86. The molecule has 0 atom stereocenters. The van der Waals surface area contributed by atoms with Gasteiger partial charge in [-0.05, 0) is 46.0 Å². The highest BCUT2D eigenvalue weighted by molar-refractivity contribution is 5.91. The summed E-state index contributed by atoms with van der Waals surface area (Å²) in [5.74, 6) is 0.775. The first-order chi connectivity index (χ1) is 13.6. The summed E-state index contributed by atoms with van der Waals surface area (Å²) in [5, 5.41) is 18.2. The van der Waals surface area contributed by atoms with Gasteiger partial charge in [0.15, 0.2) is 5.82 Å². The molecule has 3 aromatic rings. The first kappa shape index (κ1) is 18.8. The zero-order valence-corrected chi connectivity index (χ0v) is 17.0. The van der Waals surface area contributed by atoms with E-state index in [4.69, 9.17) is 5.10 Å². The van der Waals surface area contributed by atoms with Gasteiger partial charge in [0.1, 0.15) is 5.52 Å². The maximum Gasteiger partial charge on any atom is 0.177 e. The van der Waals surface area contributed by atoms with Crippen molar-refractivity contribution in [2.75, 3.05) is 51.6 Å². The molecule has 0 amide bonds. The van der Waals surface area contributed by atoms with Crippen LogP contribution in [0.5, 0.6) is 0 Å². The first-order valence-corrected chi connectivity index (χ1v) is 10.1. The van der Waals surface area contributed by atoms with Crippen molar-refractivity contribution in [3.8, 4) is 5.69 Å². The van der Waals surface area contributed by atoms with Crippen LogP contribution in [-0.2, 0) is 0 Å². The molecule has 2 aromatic heterocycles. The molecular weight excluding hydrogens is 350 g/mol. The summed E-state index contributed by atoms with van der Waals surface area (Å²) >= 11 is 0. The van der Waals surface area contributed by atoms with Gasteiger partial charge in [-0.15, -0.1) is 5.10 Å². The molecule has 0 spiro atoms. The number of nitrogens with one attached hydrogen (secondary N) is 1. The molecule has 4 rings (SSSR count). The molecule has 3 heterocycles. The Balaban J connectivity index is 1.48. The molecule has 7 heteroatoms.